The Hall–Kier alpha value is -2.93. The molecule has 3 heterocycles. The van der Waals surface area contributed by atoms with Gasteiger partial charge in [0, 0.05) is 55.1 Å². The molecule has 4 aliphatic rings. The van der Waals surface area contributed by atoms with Crippen molar-refractivity contribution in [3.63, 3.8) is 0 Å². The molecule has 1 N–H and O–H groups in total. The summed E-state index contributed by atoms with van der Waals surface area (Å²) in [6.07, 6.45) is 18.5. The monoisotopic (exact) mass is 615 g/mol. The van der Waals surface area contributed by atoms with Gasteiger partial charge in [-0.25, -0.2) is 0 Å². The highest BCUT2D eigenvalue weighted by molar-refractivity contribution is 6.05. The van der Waals surface area contributed by atoms with Crippen LogP contribution < -0.4 is 10.2 Å². The smallest absolute Gasteiger partial charge is 0.272 e. The molecule has 2 amide bonds. The molecule has 1 unspecified atom stereocenters. The van der Waals surface area contributed by atoms with Crippen molar-refractivity contribution in [3.8, 4) is 0 Å². The third kappa shape index (κ3) is 8.66. The Labute approximate surface area is 272 Å². The molecule has 0 aromatic heterocycles. The fraction of sp³-hybridized carbons (Fsp3) is 0.658. The average Bonchev–Trinajstić information content (AvgIpc) is 3.08. The fourth-order valence-electron chi connectivity index (χ4n) is 7.92. The van der Waals surface area contributed by atoms with E-state index < -0.39 is 6.17 Å². The second-order valence-corrected chi connectivity index (χ2v) is 13.6. The van der Waals surface area contributed by atoms with E-state index in [-0.39, 0.29) is 18.2 Å². The summed E-state index contributed by atoms with van der Waals surface area (Å²) in [6, 6.07) is 9.20. The van der Waals surface area contributed by atoms with Crippen LogP contribution in [0.5, 0.6) is 0 Å². The lowest BCUT2D eigenvalue weighted by atomic mass is 9.81. The molecule has 1 saturated carbocycles. The predicted molar refractivity (Wildman–Crippen MR) is 185 cm³/mol. The van der Waals surface area contributed by atoms with Crippen LogP contribution in [-0.2, 0) is 16.0 Å². The quantitative estimate of drug-likeness (QED) is 0.324. The molecule has 1 aromatic rings. The van der Waals surface area contributed by atoms with E-state index in [2.05, 4.69) is 72.3 Å². The van der Waals surface area contributed by atoms with Gasteiger partial charge in [0.2, 0.25) is 12.1 Å². The molecule has 45 heavy (non-hydrogen) atoms. The van der Waals surface area contributed by atoms with Gasteiger partial charge in [-0.05, 0) is 94.6 Å². The number of nitrogens with one attached hydrogen (secondary N) is 1. The third-order valence-corrected chi connectivity index (χ3v) is 10.4. The molecule has 3 aliphatic heterocycles. The number of carbonyl (C=O) groups is 2. The van der Waals surface area contributed by atoms with Crippen molar-refractivity contribution in [2.24, 2.45) is 10.9 Å². The lowest BCUT2D eigenvalue weighted by molar-refractivity contribution is -0.134. The van der Waals surface area contributed by atoms with Gasteiger partial charge in [-0.1, -0.05) is 63.8 Å². The molecule has 7 heteroatoms. The average molecular weight is 616 g/mol. The van der Waals surface area contributed by atoms with Gasteiger partial charge < -0.3 is 20.0 Å². The van der Waals surface area contributed by atoms with Crippen LogP contribution in [0.2, 0.25) is 0 Å². The minimum atomic E-state index is -0.906. The first-order chi connectivity index (χ1) is 22.0. The van der Waals surface area contributed by atoms with Crippen LogP contribution in [0.1, 0.15) is 110 Å². The van der Waals surface area contributed by atoms with E-state index >= 15 is 0 Å². The second kappa shape index (κ2) is 16.6. The van der Waals surface area contributed by atoms with Crippen molar-refractivity contribution < 1.29 is 9.59 Å². The number of hydrogen-bond acceptors (Lipinski definition) is 5. The topological polar surface area (TPSA) is 68.2 Å². The van der Waals surface area contributed by atoms with E-state index in [1.165, 1.54) is 75.7 Å². The van der Waals surface area contributed by atoms with Crippen molar-refractivity contribution in [3.05, 3.63) is 53.3 Å². The summed E-state index contributed by atoms with van der Waals surface area (Å²) in [6.45, 7) is 11.6. The molecule has 2 saturated heterocycles. The number of allylic oxidation sites excluding steroid dienone is 3. The molecular formula is C38H57N5O2. The van der Waals surface area contributed by atoms with Crippen LogP contribution >= 0.6 is 0 Å². The molecule has 246 valence electrons. The molecule has 5 rings (SSSR count). The highest BCUT2D eigenvalue weighted by Gasteiger charge is 2.34. The minimum Gasteiger partial charge on any atom is -0.371 e. The summed E-state index contributed by atoms with van der Waals surface area (Å²) >= 11 is 0. The maximum absolute atomic E-state index is 14.1. The van der Waals surface area contributed by atoms with Crippen LogP contribution in [0, 0.1) is 5.92 Å². The standard InChI is InChI=1S/C38H57N5O2/c1-4-13-34-28-30(6-3)36(31-14-9-7-10-15-31)40-37(38(45)43(34)22-5-2)39-35(44)27-29-16-18-32(19-17-29)42-25-20-33(21-26-42)41-23-11-8-12-24-41/h6,13,16-19,31,33,37H,4-5,7-12,14-15,20-28H2,1-3H3,(H,39,44)/b30-6+,34-13+,40-36+. The highest BCUT2D eigenvalue weighted by Crippen LogP contribution is 2.32. The summed E-state index contributed by atoms with van der Waals surface area (Å²) in [7, 11) is 0. The van der Waals surface area contributed by atoms with Crippen molar-refractivity contribution in [2.75, 3.05) is 37.6 Å². The van der Waals surface area contributed by atoms with Crippen molar-refractivity contribution in [1.82, 2.24) is 15.1 Å². The van der Waals surface area contributed by atoms with Gasteiger partial charge in [0.15, 0.2) is 0 Å². The van der Waals surface area contributed by atoms with Crippen LogP contribution in [0.3, 0.4) is 0 Å². The van der Waals surface area contributed by atoms with Gasteiger partial charge in [0.25, 0.3) is 5.91 Å². The van der Waals surface area contributed by atoms with E-state index in [0.29, 0.717) is 18.9 Å². The van der Waals surface area contributed by atoms with Gasteiger partial charge in [0.05, 0.1) is 6.42 Å². The Morgan fingerprint density at radius 3 is 2.27 bits per heavy atom. The number of piperidine rings is 2. The van der Waals surface area contributed by atoms with Crippen molar-refractivity contribution in [2.45, 2.75) is 123 Å². The van der Waals surface area contributed by atoms with Crippen LogP contribution in [-0.4, -0.2) is 72.3 Å². The van der Waals surface area contributed by atoms with Gasteiger partial charge in [-0.3, -0.25) is 14.6 Å². The van der Waals surface area contributed by atoms with Crippen LogP contribution in [0.15, 0.2) is 52.7 Å². The highest BCUT2D eigenvalue weighted by atomic mass is 16.2. The van der Waals surface area contributed by atoms with Crippen molar-refractivity contribution in [1.29, 1.82) is 0 Å². The minimum absolute atomic E-state index is 0.114. The lowest BCUT2D eigenvalue weighted by Crippen LogP contribution is -2.50. The number of likely N-dealkylation sites (tertiary alicyclic amines) is 1. The first kappa shape index (κ1) is 33.4. The van der Waals surface area contributed by atoms with Crippen LogP contribution in [0.4, 0.5) is 5.69 Å². The van der Waals surface area contributed by atoms with E-state index in [1.807, 2.05) is 4.90 Å². The summed E-state index contributed by atoms with van der Waals surface area (Å²) in [5.74, 6) is 0.0714. The first-order valence-electron chi connectivity index (χ1n) is 18.1. The van der Waals surface area contributed by atoms with Crippen LogP contribution in [0.25, 0.3) is 0 Å². The number of benzene rings is 1. The molecule has 1 aliphatic carbocycles. The van der Waals surface area contributed by atoms with Gasteiger partial charge in [-0.2, -0.15) is 0 Å². The predicted octanol–water partition coefficient (Wildman–Crippen LogP) is 7.03. The summed E-state index contributed by atoms with van der Waals surface area (Å²) in [5.41, 5.74) is 5.46. The molecule has 0 spiro atoms. The number of amides is 2. The molecule has 1 aromatic carbocycles. The Morgan fingerprint density at radius 1 is 0.933 bits per heavy atom. The number of hydrogen-bond donors (Lipinski definition) is 1. The summed E-state index contributed by atoms with van der Waals surface area (Å²) in [5, 5.41) is 3.08. The zero-order chi connectivity index (χ0) is 31.6. The molecule has 7 nitrogen and oxygen atoms in total. The first-order valence-corrected chi connectivity index (χ1v) is 18.1. The Kier molecular flexibility index (Phi) is 12.3. The number of nitrogens with zero attached hydrogens (tertiary/aromatic N) is 4. The van der Waals surface area contributed by atoms with Gasteiger partial charge in [-0.15, -0.1) is 0 Å². The maximum Gasteiger partial charge on any atom is 0.272 e. The van der Waals surface area contributed by atoms with E-state index in [9.17, 15) is 9.59 Å². The molecule has 3 fully saturated rings. The Balaban J connectivity index is 1.27. The maximum atomic E-state index is 14.1. The number of anilines is 1. The molecule has 1 atom stereocenters. The zero-order valence-electron chi connectivity index (χ0n) is 28.2. The summed E-state index contributed by atoms with van der Waals surface area (Å²) < 4.78 is 0. The SMILES string of the molecule is C/C=C1C/C(=C\CC)N(CCC)C(=O)C(NC(=O)Cc2ccc(N3CCC(N4CCCCC4)CC3)cc2)/N=C\1C1CCCCC1. The Bertz CT molecular complexity index is 1220. The number of rotatable bonds is 9. The molecule has 0 radical (unpaired) electrons. The van der Waals surface area contributed by atoms with Gasteiger partial charge in [0.1, 0.15) is 0 Å². The largest absolute Gasteiger partial charge is 0.371 e. The third-order valence-electron chi connectivity index (χ3n) is 10.4. The van der Waals surface area contributed by atoms with E-state index in [1.54, 1.807) is 0 Å². The van der Waals surface area contributed by atoms with E-state index in [0.717, 1.165) is 61.8 Å². The zero-order valence-corrected chi connectivity index (χ0v) is 28.2. The molecular weight excluding hydrogens is 558 g/mol. The van der Waals surface area contributed by atoms with Gasteiger partial charge >= 0.3 is 0 Å². The lowest BCUT2D eigenvalue weighted by Gasteiger charge is -2.41. The molecule has 0 bridgehead atoms. The van der Waals surface area contributed by atoms with Crippen molar-refractivity contribution >= 4 is 23.2 Å². The fourth-order valence-corrected chi connectivity index (χ4v) is 7.92. The Morgan fingerprint density at radius 2 is 1.62 bits per heavy atom. The number of carbonyl (C=O) groups excluding carboxylic acids is 2. The summed E-state index contributed by atoms with van der Waals surface area (Å²) in [4.78, 5) is 39.8. The number of aliphatic imine (C=N–C) groups is 1. The van der Waals surface area contributed by atoms with E-state index in [4.69, 9.17) is 4.99 Å². The normalized spacial score (nSPS) is 26.1. The second-order valence-electron chi connectivity index (χ2n) is 13.6.